The minimum atomic E-state index is -0.536. The van der Waals surface area contributed by atoms with Gasteiger partial charge in [0, 0.05) is 18.2 Å². The molecule has 3 rings (SSSR count). The standard InChI is InChI=1S/C18H18ClFN2O3/c1-11(18(23)22-15-5-3-12(20)9-14(15)19)21-13-4-6-16-17(10-13)25-8-2-7-24-16/h3-6,9-11,21H,2,7-8H2,1H3,(H,22,23)/t11-/m0/s1. The molecular formula is C18H18ClFN2O3. The molecule has 1 amide bonds. The normalized spacial score (nSPS) is 14.4. The Balaban J connectivity index is 1.66. The monoisotopic (exact) mass is 364 g/mol. The number of rotatable bonds is 4. The highest BCUT2D eigenvalue weighted by atomic mass is 35.5. The van der Waals surface area contributed by atoms with Gasteiger partial charge in [-0.1, -0.05) is 11.6 Å². The fourth-order valence-corrected chi connectivity index (χ4v) is 2.61. The maximum absolute atomic E-state index is 13.1. The molecule has 1 heterocycles. The maximum Gasteiger partial charge on any atom is 0.246 e. The molecule has 0 unspecified atom stereocenters. The highest BCUT2D eigenvalue weighted by Gasteiger charge is 2.16. The molecule has 132 valence electrons. The van der Waals surface area contributed by atoms with Crippen molar-refractivity contribution in [2.45, 2.75) is 19.4 Å². The molecule has 25 heavy (non-hydrogen) atoms. The Kier molecular flexibility index (Phi) is 5.28. The number of benzene rings is 2. The number of amides is 1. The van der Waals surface area contributed by atoms with Crippen LogP contribution < -0.4 is 20.1 Å². The van der Waals surface area contributed by atoms with Gasteiger partial charge in [-0.2, -0.15) is 0 Å². The molecule has 0 saturated carbocycles. The van der Waals surface area contributed by atoms with Crippen molar-refractivity contribution in [2.75, 3.05) is 23.8 Å². The molecule has 7 heteroatoms. The average molecular weight is 365 g/mol. The summed E-state index contributed by atoms with van der Waals surface area (Å²) < 4.78 is 24.3. The zero-order chi connectivity index (χ0) is 17.8. The van der Waals surface area contributed by atoms with Crippen LogP contribution in [-0.4, -0.2) is 25.2 Å². The van der Waals surface area contributed by atoms with Gasteiger partial charge < -0.3 is 20.1 Å². The smallest absolute Gasteiger partial charge is 0.246 e. The molecule has 0 saturated heterocycles. The van der Waals surface area contributed by atoms with Crippen LogP contribution in [0.2, 0.25) is 5.02 Å². The first-order chi connectivity index (χ1) is 12.0. The predicted molar refractivity (Wildman–Crippen MR) is 95.2 cm³/mol. The molecule has 2 N–H and O–H groups in total. The van der Waals surface area contributed by atoms with Crippen LogP contribution in [0, 0.1) is 5.82 Å². The zero-order valence-electron chi connectivity index (χ0n) is 13.6. The lowest BCUT2D eigenvalue weighted by Gasteiger charge is -2.17. The van der Waals surface area contributed by atoms with Crippen LogP contribution in [0.3, 0.4) is 0 Å². The van der Waals surface area contributed by atoms with Gasteiger partial charge in [-0.15, -0.1) is 0 Å². The van der Waals surface area contributed by atoms with Crippen LogP contribution in [0.25, 0.3) is 0 Å². The number of halogens is 2. The van der Waals surface area contributed by atoms with Gasteiger partial charge in [0.2, 0.25) is 5.91 Å². The zero-order valence-corrected chi connectivity index (χ0v) is 14.4. The highest BCUT2D eigenvalue weighted by molar-refractivity contribution is 6.33. The van der Waals surface area contributed by atoms with E-state index in [1.807, 2.05) is 12.1 Å². The minimum Gasteiger partial charge on any atom is -0.490 e. The summed E-state index contributed by atoms with van der Waals surface area (Å²) >= 11 is 5.93. The second kappa shape index (κ2) is 7.61. The summed E-state index contributed by atoms with van der Waals surface area (Å²) in [6, 6.07) is 8.71. The molecule has 1 atom stereocenters. The molecular weight excluding hydrogens is 347 g/mol. The molecule has 1 aliphatic heterocycles. The van der Waals surface area contributed by atoms with Gasteiger partial charge >= 0.3 is 0 Å². The molecule has 0 fully saturated rings. The van der Waals surface area contributed by atoms with Crippen molar-refractivity contribution in [3.05, 3.63) is 47.2 Å². The fraction of sp³-hybridized carbons (Fsp3) is 0.278. The van der Waals surface area contributed by atoms with E-state index in [-0.39, 0.29) is 10.9 Å². The number of hydrogen-bond donors (Lipinski definition) is 2. The van der Waals surface area contributed by atoms with Crippen molar-refractivity contribution < 1.29 is 18.7 Å². The van der Waals surface area contributed by atoms with Crippen LogP contribution in [0.4, 0.5) is 15.8 Å². The summed E-state index contributed by atoms with van der Waals surface area (Å²) in [5.41, 5.74) is 1.09. The first kappa shape index (κ1) is 17.4. The van der Waals surface area contributed by atoms with Gasteiger partial charge in [0.05, 0.1) is 23.9 Å². The Morgan fingerprint density at radius 2 is 1.92 bits per heavy atom. The number of hydrogen-bond acceptors (Lipinski definition) is 4. The number of fused-ring (bicyclic) bond motifs is 1. The third-order valence-electron chi connectivity index (χ3n) is 3.71. The number of nitrogens with one attached hydrogen (secondary N) is 2. The van der Waals surface area contributed by atoms with E-state index in [9.17, 15) is 9.18 Å². The van der Waals surface area contributed by atoms with Crippen LogP contribution in [-0.2, 0) is 4.79 Å². The number of carbonyl (C=O) groups is 1. The van der Waals surface area contributed by atoms with Crippen molar-refractivity contribution in [1.29, 1.82) is 0 Å². The Bertz CT molecular complexity index is 785. The van der Waals surface area contributed by atoms with Crippen molar-refractivity contribution in [3.63, 3.8) is 0 Å². The Labute approximate surface area is 150 Å². The molecule has 0 aromatic heterocycles. The average Bonchev–Trinajstić information content (AvgIpc) is 2.82. The van der Waals surface area contributed by atoms with Crippen LogP contribution in [0.15, 0.2) is 36.4 Å². The van der Waals surface area contributed by atoms with E-state index in [4.69, 9.17) is 21.1 Å². The number of ether oxygens (including phenoxy) is 2. The van der Waals surface area contributed by atoms with E-state index in [1.165, 1.54) is 12.1 Å². The SMILES string of the molecule is C[C@H](Nc1ccc2c(c1)OCCCO2)C(=O)Nc1ccc(F)cc1Cl. The molecule has 2 aromatic rings. The summed E-state index contributed by atoms with van der Waals surface area (Å²) in [7, 11) is 0. The Morgan fingerprint density at radius 1 is 1.16 bits per heavy atom. The van der Waals surface area contributed by atoms with Gasteiger partial charge in [0.15, 0.2) is 11.5 Å². The van der Waals surface area contributed by atoms with E-state index < -0.39 is 11.9 Å². The van der Waals surface area contributed by atoms with Crippen molar-refractivity contribution >= 4 is 28.9 Å². The topological polar surface area (TPSA) is 59.6 Å². The fourth-order valence-electron chi connectivity index (χ4n) is 2.40. The van der Waals surface area contributed by atoms with Gasteiger partial charge in [0.1, 0.15) is 11.9 Å². The summed E-state index contributed by atoms with van der Waals surface area (Å²) in [6.07, 6.45) is 0.828. The summed E-state index contributed by atoms with van der Waals surface area (Å²) in [4.78, 5) is 12.3. The van der Waals surface area contributed by atoms with Crippen LogP contribution in [0.1, 0.15) is 13.3 Å². The van der Waals surface area contributed by atoms with Crippen molar-refractivity contribution in [3.8, 4) is 11.5 Å². The molecule has 1 aliphatic rings. The third-order valence-corrected chi connectivity index (χ3v) is 4.03. The Morgan fingerprint density at radius 3 is 2.68 bits per heavy atom. The Hall–Kier alpha value is -2.47. The summed E-state index contributed by atoms with van der Waals surface area (Å²) in [5.74, 6) is 0.594. The van der Waals surface area contributed by atoms with E-state index in [0.717, 1.165) is 18.2 Å². The van der Waals surface area contributed by atoms with E-state index in [2.05, 4.69) is 10.6 Å². The lowest BCUT2D eigenvalue weighted by molar-refractivity contribution is -0.116. The minimum absolute atomic E-state index is 0.149. The molecule has 0 spiro atoms. The summed E-state index contributed by atoms with van der Waals surface area (Å²) in [6.45, 7) is 2.93. The lowest BCUT2D eigenvalue weighted by atomic mass is 10.2. The number of carbonyl (C=O) groups excluding carboxylic acids is 1. The van der Waals surface area contributed by atoms with E-state index in [0.29, 0.717) is 30.4 Å². The van der Waals surface area contributed by atoms with Crippen molar-refractivity contribution in [1.82, 2.24) is 0 Å². The molecule has 5 nitrogen and oxygen atoms in total. The van der Waals surface area contributed by atoms with Crippen LogP contribution in [0.5, 0.6) is 11.5 Å². The largest absolute Gasteiger partial charge is 0.490 e. The van der Waals surface area contributed by atoms with Crippen LogP contribution >= 0.6 is 11.6 Å². The van der Waals surface area contributed by atoms with Gasteiger partial charge in [0.25, 0.3) is 0 Å². The molecule has 0 aliphatic carbocycles. The first-order valence-electron chi connectivity index (χ1n) is 7.95. The summed E-state index contributed by atoms with van der Waals surface area (Å²) in [5, 5.41) is 5.92. The van der Waals surface area contributed by atoms with Gasteiger partial charge in [-0.25, -0.2) is 4.39 Å². The second-order valence-corrected chi connectivity index (χ2v) is 6.10. The predicted octanol–water partition coefficient (Wildman–Crippen LogP) is 4.08. The van der Waals surface area contributed by atoms with Gasteiger partial charge in [-0.3, -0.25) is 4.79 Å². The highest BCUT2D eigenvalue weighted by Crippen LogP contribution is 2.32. The number of anilines is 2. The first-order valence-corrected chi connectivity index (χ1v) is 8.33. The molecule has 0 bridgehead atoms. The van der Waals surface area contributed by atoms with Gasteiger partial charge in [-0.05, 0) is 37.3 Å². The molecule has 0 radical (unpaired) electrons. The van der Waals surface area contributed by atoms with E-state index >= 15 is 0 Å². The quantitative estimate of drug-likeness (QED) is 0.858. The molecule has 2 aromatic carbocycles. The van der Waals surface area contributed by atoms with E-state index in [1.54, 1.807) is 13.0 Å². The van der Waals surface area contributed by atoms with Crippen molar-refractivity contribution in [2.24, 2.45) is 0 Å². The third kappa shape index (κ3) is 4.33. The maximum atomic E-state index is 13.1. The second-order valence-electron chi connectivity index (χ2n) is 5.69. The lowest BCUT2D eigenvalue weighted by Crippen LogP contribution is -2.32.